The molecular formula is C22H30O8. The van der Waals surface area contributed by atoms with E-state index in [1.807, 2.05) is 13.8 Å². The van der Waals surface area contributed by atoms with Gasteiger partial charge in [-0.1, -0.05) is 26.8 Å². The van der Waals surface area contributed by atoms with E-state index in [0.717, 1.165) is 0 Å². The molecule has 8 heteroatoms. The molecule has 5 aliphatic rings. The minimum absolute atomic E-state index is 0.131. The number of aliphatic hydroxyl groups excluding tert-OH is 1. The molecule has 0 spiro atoms. The number of ether oxygens (including phenoxy) is 2. The van der Waals surface area contributed by atoms with Gasteiger partial charge in [0, 0.05) is 42.4 Å². The summed E-state index contributed by atoms with van der Waals surface area (Å²) in [4.78, 5) is 24.9. The van der Waals surface area contributed by atoms with Crippen molar-refractivity contribution < 1.29 is 39.5 Å². The first-order valence-electron chi connectivity index (χ1n) is 10.6. The number of Topliss-reactive ketones (excluding diaryl/α,β-unsaturated/α-hetero) is 1. The number of epoxide rings is 1. The van der Waals surface area contributed by atoms with Crippen molar-refractivity contribution in [3.05, 3.63) is 11.6 Å². The van der Waals surface area contributed by atoms with Gasteiger partial charge in [0.1, 0.15) is 22.9 Å². The lowest BCUT2D eigenvalue weighted by Crippen LogP contribution is -2.66. The van der Waals surface area contributed by atoms with Crippen LogP contribution in [0, 0.1) is 29.1 Å². The number of hydrogen-bond donors (Lipinski definition) is 4. The van der Waals surface area contributed by atoms with Crippen molar-refractivity contribution in [2.75, 3.05) is 6.61 Å². The van der Waals surface area contributed by atoms with Crippen LogP contribution in [-0.4, -0.2) is 73.4 Å². The topological polar surface area (TPSA) is 137 Å². The van der Waals surface area contributed by atoms with Gasteiger partial charge in [-0.3, -0.25) is 9.59 Å². The molecule has 0 aromatic heterocycles. The number of carbonyl (C=O) groups is 2. The van der Waals surface area contributed by atoms with Gasteiger partial charge in [0.05, 0.1) is 18.3 Å². The molecule has 4 fully saturated rings. The Labute approximate surface area is 174 Å². The zero-order valence-electron chi connectivity index (χ0n) is 17.9. The van der Waals surface area contributed by atoms with Crippen LogP contribution in [0.4, 0.5) is 0 Å². The zero-order valence-corrected chi connectivity index (χ0v) is 17.9. The SMILES string of the molecule is CC(=O)OC1C(C)C2(O)C(C3OC3(CO)CC3(O)C(=O)C(C)=CC32)C2C(C)(C)C12O. The molecule has 0 radical (unpaired) electrons. The van der Waals surface area contributed by atoms with Crippen molar-refractivity contribution in [3.63, 3.8) is 0 Å². The van der Waals surface area contributed by atoms with Gasteiger partial charge < -0.3 is 29.9 Å². The van der Waals surface area contributed by atoms with Crippen LogP contribution < -0.4 is 0 Å². The summed E-state index contributed by atoms with van der Waals surface area (Å²) in [7, 11) is 0. The summed E-state index contributed by atoms with van der Waals surface area (Å²) in [6, 6.07) is 0. The van der Waals surface area contributed by atoms with E-state index in [1.54, 1.807) is 19.9 Å². The first kappa shape index (κ1) is 20.6. The number of hydrogen-bond acceptors (Lipinski definition) is 8. The molecule has 3 saturated carbocycles. The fourth-order valence-electron chi connectivity index (χ4n) is 7.61. The molecule has 30 heavy (non-hydrogen) atoms. The summed E-state index contributed by atoms with van der Waals surface area (Å²) >= 11 is 0. The Kier molecular flexibility index (Phi) is 3.67. The monoisotopic (exact) mass is 422 g/mol. The second-order valence-corrected chi connectivity index (χ2v) is 10.8. The van der Waals surface area contributed by atoms with E-state index in [9.17, 15) is 30.0 Å². The van der Waals surface area contributed by atoms with Crippen LogP contribution in [0.5, 0.6) is 0 Å². The molecule has 4 N–H and O–H groups in total. The average Bonchev–Trinajstić information content (AvgIpc) is 3.45. The predicted molar refractivity (Wildman–Crippen MR) is 102 cm³/mol. The van der Waals surface area contributed by atoms with Crippen molar-refractivity contribution in [2.24, 2.45) is 29.1 Å². The van der Waals surface area contributed by atoms with Crippen molar-refractivity contribution in [2.45, 2.75) is 75.7 Å². The summed E-state index contributed by atoms with van der Waals surface area (Å²) in [6.45, 7) is 7.84. The molecule has 1 heterocycles. The van der Waals surface area contributed by atoms with Crippen LogP contribution >= 0.6 is 0 Å². The summed E-state index contributed by atoms with van der Waals surface area (Å²) in [5, 5.41) is 45.7. The Morgan fingerprint density at radius 1 is 1.30 bits per heavy atom. The normalized spacial score (nSPS) is 57.2. The first-order valence-corrected chi connectivity index (χ1v) is 10.6. The number of aliphatic hydroxyl groups is 4. The van der Waals surface area contributed by atoms with E-state index in [4.69, 9.17) is 9.47 Å². The van der Waals surface area contributed by atoms with Gasteiger partial charge in [-0.05, 0) is 12.5 Å². The van der Waals surface area contributed by atoms with Crippen molar-refractivity contribution in [3.8, 4) is 0 Å². The molecule has 0 bridgehead atoms. The highest BCUT2D eigenvalue weighted by molar-refractivity contribution is 6.04. The largest absolute Gasteiger partial charge is 0.459 e. The lowest BCUT2D eigenvalue weighted by Gasteiger charge is -2.53. The fraction of sp³-hybridized carbons (Fsp3) is 0.818. The maximum atomic E-state index is 13.0. The molecule has 8 nitrogen and oxygen atoms in total. The Hall–Kier alpha value is -1.32. The fourth-order valence-corrected chi connectivity index (χ4v) is 7.61. The van der Waals surface area contributed by atoms with Gasteiger partial charge >= 0.3 is 5.97 Å². The quantitative estimate of drug-likeness (QED) is 0.352. The molecule has 5 rings (SSSR count). The first-order chi connectivity index (χ1) is 13.7. The van der Waals surface area contributed by atoms with E-state index in [2.05, 4.69) is 0 Å². The third kappa shape index (κ3) is 1.92. The van der Waals surface area contributed by atoms with Crippen molar-refractivity contribution >= 4 is 11.8 Å². The number of ketones is 1. The van der Waals surface area contributed by atoms with Gasteiger partial charge in [-0.15, -0.1) is 0 Å². The van der Waals surface area contributed by atoms with Gasteiger partial charge in [0.25, 0.3) is 0 Å². The molecule has 0 aromatic rings. The number of fused-ring (bicyclic) bond motifs is 7. The van der Waals surface area contributed by atoms with Gasteiger partial charge in [0.2, 0.25) is 0 Å². The average molecular weight is 422 g/mol. The van der Waals surface area contributed by atoms with Crippen LogP contribution in [0.2, 0.25) is 0 Å². The minimum Gasteiger partial charge on any atom is -0.459 e. The van der Waals surface area contributed by atoms with Gasteiger partial charge in [0.15, 0.2) is 5.78 Å². The van der Waals surface area contributed by atoms with Crippen molar-refractivity contribution in [1.82, 2.24) is 0 Å². The van der Waals surface area contributed by atoms with Crippen LogP contribution in [0.15, 0.2) is 11.6 Å². The van der Waals surface area contributed by atoms with E-state index < -0.39 is 82.1 Å². The van der Waals surface area contributed by atoms with Crippen molar-refractivity contribution in [1.29, 1.82) is 0 Å². The standard InChI is InChI=1S/C22H30O8/c1-9-6-12-20(26,15(9)25)7-19(8-23)17(30-19)13-14-18(4,5)22(14,28)16(29-11(3)24)10(2)21(12,13)27/h6,10,12-14,16-17,23,26-28H,7-8H2,1-5H3. The Morgan fingerprint density at radius 2 is 1.93 bits per heavy atom. The third-order valence-electron chi connectivity index (χ3n) is 9.17. The van der Waals surface area contributed by atoms with Crippen LogP contribution in [0.25, 0.3) is 0 Å². The van der Waals surface area contributed by atoms with Crippen LogP contribution in [0.1, 0.15) is 41.0 Å². The van der Waals surface area contributed by atoms with Crippen LogP contribution in [-0.2, 0) is 19.1 Å². The Morgan fingerprint density at radius 3 is 2.50 bits per heavy atom. The number of carbonyl (C=O) groups excluding carboxylic acids is 2. The summed E-state index contributed by atoms with van der Waals surface area (Å²) in [5.74, 6) is -3.97. The summed E-state index contributed by atoms with van der Waals surface area (Å²) < 4.78 is 11.5. The summed E-state index contributed by atoms with van der Waals surface area (Å²) in [6.07, 6.45) is -0.159. The molecule has 1 aliphatic heterocycles. The minimum atomic E-state index is -1.94. The van der Waals surface area contributed by atoms with E-state index in [1.165, 1.54) is 6.92 Å². The Bertz CT molecular complexity index is 896. The molecule has 10 unspecified atom stereocenters. The van der Waals surface area contributed by atoms with Gasteiger partial charge in [-0.25, -0.2) is 0 Å². The van der Waals surface area contributed by atoms with E-state index in [-0.39, 0.29) is 6.42 Å². The zero-order chi connectivity index (χ0) is 22.2. The highest BCUT2D eigenvalue weighted by atomic mass is 16.6. The lowest BCUT2D eigenvalue weighted by atomic mass is 9.58. The smallest absolute Gasteiger partial charge is 0.303 e. The second-order valence-electron chi connectivity index (χ2n) is 10.8. The third-order valence-corrected chi connectivity index (χ3v) is 9.17. The number of rotatable bonds is 2. The second kappa shape index (κ2) is 5.35. The predicted octanol–water partition coefficient (Wildman–Crippen LogP) is -0.288. The van der Waals surface area contributed by atoms with E-state index >= 15 is 0 Å². The maximum Gasteiger partial charge on any atom is 0.303 e. The summed E-state index contributed by atoms with van der Waals surface area (Å²) in [5.41, 5.74) is -6.52. The molecule has 4 aliphatic carbocycles. The van der Waals surface area contributed by atoms with Gasteiger partial charge in [-0.2, -0.15) is 0 Å². The molecule has 0 amide bonds. The van der Waals surface area contributed by atoms with E-state index in [0.29, 0.717) is 5.57 Å². The molecule has 0 aromatic carbocycles. The highest BCUT2D eigenvalue weighted by Gasteiger charge is 2.90. The lowest BCUT2D eigenvalue weighted by molar-refractivity contribution is -0.231. The number of esters is 1. The Balaban J connectivity index is 1.73. The maximum absolute atomic E-state index is 13.0. The van der Waals surface area contributed by atoms with Crippen LogP contribution in [0.3, 0.4) is 0 Å². The highest BCUT2D eigenvalue weighted by Crippen LogP contribution is 2.78. The molecule has 166 valence electrons. The molecule has 1 saturated heterocycles. The molecular weight excluding hydrogens is 392 g/mol. The molecule has 10 atom stereocenters.